The molecule has 0 spiro atoms. The van der Waals surface area contributed by atoms with E-state index in [2.05, 4.69) is 72.5 Å². The van der Waals surface area contributed by atoms with Gasteiger partial charge in [-0.15, -0.1) is 0 Å². The van der Waals surface area contributed by atoms with Crippen molar-refractivity contribution in [3.05, 3.63) is 59.7 Å². The summed E-state index contributed by atoms with van der Waals surface area (Å²) in [6.45, 7) is 22.1. The third-order valence-electron chi connectivity index (χ3n) is 7.22. The number of benzene rings is 2. The Hall–Kier alpha value is -2.85. The van der Waals surface area contributed by atoms with Gasteiger partial charge >= 0.3 is 11.9 Å². The molecule has 0 aromatic heterocycles. The smallest absolute Gasteiger partial charge is 0.337 e. The molecule has 0 aliphatic rings. The zero-order valence-electron chi connectivity index (χ0n) is 24.1. The van der Waals surface area contributed by atoms with Crippen molar-refractivity contribution in [2.45, 2.75) is 77.8 Å². The van der Waals surface area contributed by atoms with Crippen LogP contribution in [0.2, 0.25) is 36.3 Å². The van der Waals surface area contributed by atoms with Crippen molar-refractivity contribution in [3.63, 3.8) is 0 Å². The van der Waals surface area contributed by atoms with E-state index in [0.29, 0.717) is 17.1 Å². The van der Waals surface area contributed by atoms with E-state index >= 15 is 0 Å². The predicted octanol–water partition coefficient (Wildman–Crippen LogP) is 7.86. The van der Waals surface area contributed by atoms with Crippen LogP contribution < -0.4 is 13.6 Å². The minimum absolute atomic E-state index is 0.0142. The maximum Gasteiger partial charge on any atom is 0.337 e. The Kier molecular flexibility index (Phi) is 9.25. The quantitative estimate of drug-likeness (QED) is 0.146. The Labute approximate surface area is 224 Å². The predicted molar refractivity (Wildman–Crippen MR) is 155 cm³/mol. The summed E-state index contributed by atoms with van der Waals surface area (Å²) in [6, 6.07) is 12.0. The fourth-order valence-corrected chi connectivity index (χ4v) is 4.78. The first-order chi connectivity index (χ1) is 16.9. The second-order valence-electron chi connectivity index (χ2n) is 12.2. The largest absolute Gasteiger partial charge is 0.541 e. The van der Waals surface area contributed by atoms with Gasteiger partial charge in [-0.05, 0) is 84.3 Å². The number of methoxy groups -OCH3 is 1. The SMILES string of the molecule is COC(=O)c1ccc(OC(=O)/C=C/c2ccc(O[Si](C)(C)C(C)(C)C)c(O[Si](C)(C)C(C)(C)C)c2)cc1. The lowest BCUT2D eigenvalue weighted by Crippen LogP contribution is -2.45. The number of esters is 2. The third kappa shape index (κ3) is 8.07. The van der Waals surface area contributed by atoms with E-state index in [-0.39, 0.29) is 10.1 Å². The van der Waals surface area contributed by atoms with Gasteiger partial charge in [0.15, 0.2) is 0 Å². The monoisotopic (exact) mass is 542 g/mol. The minimum atomic E-state index is -2.15. The fourth-order valence-electron chi connectivity index (χ4n) is 2.74. The zero-order chi connectivity index (χ0) is 28.2. The van der Waals surface area contributed by atoms with Crippen LogP contribution in [0.1, 0.15) is 57.5 Å². The van der Waals surface area contributed by atoms with Crippen LogP contribution in [-0.4, -0.2) is 35.7 Å². The number of ether oxygens (including phenoxy) is 2. The standard InChI is InChI=1S/C29H42O6Si2/c1-28(2,3)36(8,9)34-24-18-12-21(20-25(24)35-37(10,11)29(4,5)6)13-19-26(30)33-23-16-14-22(15-17-23)27(31)32-7/h12-20H,1-11H3/b19-13+. The van der Waals surface area contributed by atoms with Crippen LogP contribution in [0.3, 0.4) is 0 Å². The van der Waals surface area contributed by atoms with Gasteiger partial charge in [0.25, 0.3) is 16.6 Å². The number of hydrogen-bond donors (Lipinski definition) is 0. The molecule has 8 heteroatoms. The third-order valence-corrected chi connectivity index (χ3v) is 15.9. The topological polar surface area (TPSA) is 71.1 Å². The van der Waals surface area contributed by atoms with E-state index in [4.69, 9.17) is 13.6 Å². The minimum Gasteiger partial charge on any atom is -0.541 e. The highest BCUT2D eigenvalue weighted by Gasteiger charge is 2.42. The summed E-state index contributed by atoms with van der Waals surface area (Å²) in [5.41, 5.74) is 1.18. The van der Waals surface area contributed by atoms with Crippen LogP contribution in [0, 0.1) is 0 Å². The highest BCUT2D eigenvalue weighted by Crippen LogP contribution is 2.43. The van der Waals surface area contributed by atoms with Gasteiger partial charge in [0.1, 0.15) is 17.2 Å². The van der Waals surface area contributed by atoms with E-state index in [9.17, 15) is 9.59 Å². The number of carbonyl (C=O) groups is 2. The van der Waals surface area contributed by atoms with Crippen molar-refractivity contribution in [1.82, 2.24) is 0 Å². The summed E-state index contributed by atoms with van der Waals surface area (Å²) in [5, 5.41) is 0.0545. The number of rotatable bonds is 8. The first-order valence-electron chi connectivity index (χ1n) is 12.5. The van der Waals surface area contributed by atoms with Gasteiger partial charge in [-0.25, -0.2) is 9.59 Å². The maximum absolute atomic E-state index is 12.4. The molecule has 2 rings (SSSR count). The highest BCUT2D eigenvalue weighted by molar-refractivity contribution is 6.75. The summed E-state index contributed by atoms with van der Waals surface area (Å²) in [5.74, 6) is 0.795. The first kappa shape index (κ1) is 30.4. The Morgan fingerprint density at radius 3 is 1.76 bits per heavy atom. The van der Waals surface area contributed by atoms with E-state index in [1.54, 1.807) is 30.3 Å². The number of hydrogen-bond acceptors (Lipinski definition) is 6. The average Bonchev–Trinajstić information content (AvgIpc) is 2.77. The Bertz CT molecular complexity index is 1140. The molecule has 0 amide bonds. The van der Waals surface area contributed by atoms with Crippen LogP contribution in [0.15, 0.2) is 48.5 Å². The molecule has 0 aliphatic heterocycles. The Morgan fingerprint density at radius 2 is 1.27 bits per heavy atom. The average molecular weight is 543 g/mol. The fraction of sp³-hybridized carbons (Fsp3) is 0.448. The molecule has 0 atom stereocenters. The maximum atomic E-state index is 12.4. The normalized spacial score (nSPS) is 12.8. The van der Waals surface area contributed by atoms with E-state index in [0.717, 1.165) is 11.3 Å². The molecule has 0 unspecified atom stereocenters. The van der Waals surface area contributed by atoms with Crippen molar-refractivity contribution in [2.75, 3.05) is 7.11 Å². The van der Waals surface area contributed by atoms with Gasteiger partial charge in [-0.3, -0.25) is 0 Å². The summed E-state index contributed by atoms with van der Waals surface area (Å²) >= 11 is 0. The highest BCUT2D eigenvalue weighted by atomic mass is 28.4. The molecular weight excluding hydrogens is 500 g/mol. The van der Waals surface area contributed by atoms with Crippen LogP contribution in [-0.2, 0) is 9.53 Å². The Balaban J connectivity index is 2.30. The zero-order valence-corrected chi connectivity index (χ0v) is 26.1. The molecule has 0 aliphatic carbocycles. The Morgan fingerprint density at radius 1 is 0.757 bits per heavy atom. The van der Waals surface area contributed by atoms with E-state index in [1.807, 2.05) is 18.2 Å². The summed E-state index contributed by atoms with van der Waals surface area (Å²) in [6.07, 6.45) is 3.06. The van der Waals surface area contributed by atoms with Gasteiger partial charge in [0.05, 0.1) is 12.7 Å². The first-order valence-corrected chi connectivity index (χ1v) is 18.3. The molecule has 2 aromatic rings. The second-order valence-corrected chi connectivity index (χ2v) is 21.7. The molecule has 0 saturated heterocycles. The van der Waals surface area contributed by atoms with Gasteiger partial charge in [-0.2, -0.15) is 0 Å². The summed E-state index contributed by atoms with van der Waals surface area (Å²) in [7, 11) is -2.93. The lowest BCUT2D eigenvalue weighted by atomic mass is 10.2. The summed E-state index contributed by atoms with van der Waals surface area (Å²) < 4.78 is 23.4. The van der Waals surface area contributed by atoms with Gasteiger partial charge in [0, 0.05) is 6.08 Å². The van der Waals surface area contributed by atoms with E-state index < -0.39 is 28.6 Å². The van der Waals surface area contributed by atoms with Crippen LogP contribution >= 0.6 is 0 Å². The lowest BCUT2D eigenvalue weighted by Gasteiger charge is -2.39. The van der Waals surface area contributed by atoms with Crippen molar-refractivity contribution < 1.29 is 27.9 Å². The molecular formula is C29H42O6Si2. The van der Waals surface area contributed by atoms with Crippen molar-refractivity contribution >= 4 is 34.6 Å². The van der Waals surface area contributed by atoms with Gasteiger partial charge in [0.2, 0.25) is 0 Å². The van der Waals surface area contributed by atoms with Gasteiger partial charge in [-0.1, -0.05) is 47.6 Å². The van der Waals surface area contributed by atoms with Crippen molar-refractivity contribution in [3.8, 4) is 17.2 Å². The van der Waals surface area contributed by atoms with Crippen LogP contribution in [0.25, 0.3) is 6.08 Å². The molecule has 0 saturated carbocycles. The summed E-state index contributed by atoms with van der Waals surface area (Å²) in [4.78, 5) is 24.0. The molecule has 2 aromatic carbocycles. The molecule has 37 heavy (non-hydrogen) atoms. The van der Waals surface area contributed by atoms with Crippen LogP contribution in [0.4, 0.5) is 0 Å². The van der Waals surface area contributed by atoms with Crippen molar-refractivity contribution in [1.29, 1.82) is 0 Å². The van der Waals surface area contributed by atoms with E-state index in [1.165, 1.54) is 13.2 Å². The van der Waals surface area contributed by atoms with Crippen molar-refractivity contribution in [2.24, 2.45) is 0 Å². The molecule has 0 bridgehead atoms. The molecule has 0 N–H and O–H groups in total. The number of carbonyl (C=O) groups excluding carboxylic acids is 2. The molecule has 6 nitrogen and oxygen atoms in total. The second kappa shape index (κ2) is 11.3. The lowest BCUT2D eigenvalue weighted by molar-refractivity contribution is -0.128. The van der Waals surface area contributed by atoms with Gasteiger partial charge < -0.3 is 18.3 Å². The molecule has 0 radical (unpaired) electrons. The van der Waals surface area contributed by atoms with Crippen LogP contribution in [0.5, 0.6) is 17.2 Å². The molecule has 0 heterocycles. The molecule has 0 fully saturated rings. The molecule has 202 valence electrons.